The van der Waals surface area contributed by atoms with Crippen molar-refractivity contribution in [2.75, 3.05) is 23.8 Å². The average Bonchev–Trinajstić information content (AvgIpc) is 2.55. The first-order valence-corrected chi connectivity index (χ1v) is 6.98. The molecule has 112 valence electrons. The smallest absolute Gasteiger partial charge is 0.243 e. The van der Waals surface area contributed by atoms with Crippen LogP contribution in [0.5, 0.6) is 5.75 Å². The minimum atomic E-state index is -0.170. The highest BCUT2D eigenvalue weighted by Gasteiger charge is 2.07. The van der Waals surface area contributed by atoms with E-state index in [1.54, 1.807) is 30.3 Å². The first kappa shape index (κ1) is 15.4. The van der Waals surface area contributed by atoms with Gasteiger partial charge in [-0.25, -0.2) is 0 Å². The van der Waals surface area contributed by atoms with Crippen LogP contribution in [0.4, 0.5) is 11.4 Å². The largest absolute Gasteiger partial charge is 0.492 e. The number of anilines is 2. The second-order valence-electron chi connectivity index (χ2n) is 4.52. The Morgan fingerprint density at radius 3 is 2.59 bits per heavy atom. The summed E-state index contributed by atoms with van der Waals surface area (Å²) in [6.45, 7) is 2.56. The number of ether oxygens (including phenoxy) is 1. The first-order valence-electron chi connectivity index (χ1n) is 6.98. The molecule has 0 aromatic heterocycles. The summed E-state index contributed by atoms with van der Waals surface area (Å²) in [4.78, 5) is 12.0. The molecule has 0 saturated carbocycles. The molecule has 2 aromatic rings. The maximum Gasteiger partial charge on any atom is 0.243 e. The van der Waals surface area contributed by atoms with Gasteiger partial charge in [0.25, 0.3) is 0 Å². The van der Waals surface area contributed by atoms with Crippen LogP contribution in [0.3, 0.4) is 0 Å². The maximum atomic E-state index is 12.0. The molecule has 0 unspecified atom stereocenters. The zero-order chi connectivity index (χ0) is 15.8. The van der Waals surface area contributed by atoms with E-state index in [1.165, 1.54) is 0 Å². The molecule has 22 heavy (non-hydrogen) atoms. The molecule has 0 atom stereocenters. The molecule has 0 radical (unpaired) electrons. The Balaban J connectivity index is 1.91. The summed E-state index contributed by atoms with van der Waals surface area (Å²) in [6, 6.07) is 16.3. The van der Waals surface area contributed by atoms with Crippen LogP contribution in [0.1, 0.15) is 12.5 Å². The van der Waals surface area contributed by atoms with Crippen molar-refractivity contribution in [1.82, 2.24) is 0 Å². The molecule has 1 amide bonds. The van der Waals surface area contributed by atoms with Gasteiger partial charge in [0.05, 0.1) is 30.5 Å². The summed E-state index contributed by atoms with van der Waals surface area (Å²) in [7, 11) is 0. The third-order valence-corrected chi connectivity index (χ3v) is 2.93. The Morgan fingerprint density at radius 1 is 1.18 bits per heavy atom. The van der Waals surface area contributed by atoms with Crippen molar-refractivity contribution in [1.29, 1.82) is 5.26 Å². The van der Waals surface area contributed by atoms with Crippen LogP contribution in [0.25, 0.3) is 0 Å². The normalized spacial score (nSPS) is 9.64. The molecule has 5 nitrogen and oxygen atoms in total. The van der Waals surface area contributed by atoms with Gasteiger partial charge in [-0.2, -0.15) is 5.26 Å². The van der Waals surface area contributed by atoms with E-state index in [9.17, 15) is 4.79 Å². The third kappa shape index (κ3) is 4.25. The molecule has 5 heteroatoms. The van der Waals surface area contributed by atoms with Crippen molar-refractivity contribution < 1.29 is 9.53 Å². The number of nitriles is 1. The standard InChI is InChI=1S/C17H17N3O2/c1-2-22-16-6-4-3-5-15(16)20-17(21)12-19-14-9-7-13(11-18)8-10-14/h3-10,19H,2,12H2,1H3,(H,20,21). The number of nitrogens with zero attached hydrogens (tertiary/aromatic N) is 1. The van der Waals surface area contributed by atoms with Gasteiger partial charge in [-0.15, -0.1) is 0 Å². The Morgan fingerprint density at radius 2 is 1.91 bits per heavy atom. The van der Waals surface area contributed by atoms with Crippen molar-refractivity contribution in [3.8, 4) is 11.8 Å². The third-order valence-electron chi connectivity index (χ3n) is 2.93. The van der Waals surface area contributed by atoms with Crippen molar-refractivity contribution >= 4 is 17.3 Å². The number of rotatable bonds is 6. The highest BCUT2D eigenvalue weighted by atomic mass is 16.5. The van der Waals surface area contributed by atoms with Gasteiger partial charge in [-0.1, -0.05) is 12.1 Å². The lowest BCUT2D eigenvalue weighted by Crippen LogP contribution is -2.22. The molecule has 2 aromatic carbocycles. The van der Waals surface area contributed by atoms with Crippen LogP contribution in [0, 0.1) is 11.3 Å². The summed E-state index contributed by atoms with van der Waals surface area (Å²) in [5, 5.41) is 14.5. The second-order valence-corrected chi connectivity index (χ2v) is 4.52. The van der Waals surface area contributed by atoms with Gasteiger partial charge in [0.2, 0.25) is 5.91 Å². The van der Waals surface area contributed by atoms with Crippen molar-refractivity contribution in [2.45, 2.75) is 6.92 Å². The van der Waals surface area contributed by atoms with E-state index in [2.05, 4.69) is 10.6 Å². The Labute approximate surface area is 129 Å². The van der Waals surface area contributed by atoms with E-state index in [0.717, 1.165) is 5.69 Å². The van der Waals surface area contributed by atoms with Crippen LogP contribution in [0.2, 0.25) is 0 Å². The molecule has 2 N–H and O–H groups in total. The molecule has 0 aliphatic carbocycles. The van der Waals surface area contributed by atoms with Crippen molar-refractivity contribution in [3.05, 3.63) is 54.1 Å². The van der Waals surface area contributed by atoms with Gasteiger partial charge in [0.1, 0.15) is 5.75 Å². The van der Waals surface area contributed by atoms with E-state index >= 15 is 0 Å². The lowest BCUT2D eigenvalue weighted by molar-refractivity contribution is -0.114. The molecule has 0 fully saturated rings. The number of carbonyl (C=O) groups is 1. The second kappa shape index (κ2) is 7.70. The minimum Gasteiger partial charge on any atom is -0.492 e. The zero-order valence-electron chi connectivity index (χ0n) is 12.3. The SMILES string of the molecule is CCOc1ccccc1NC(=O)CNc1ccc(C#N)cc1. The van der Waals surface area contributed by atoms with Gasteiger partial charge >= 0.3 is 0 Å². The minimum absolute atomic E-state index is 0.131. The fourth-order valence-corrected chi connectivity index (χ4v) is 1.89. The Bertz CT molecular complexity index is 675. The van der Waals surface area contributed by atoms with Crippen LogP contribution in [0.15, 0.2) is 48.5 Å². The van der Waals surface area contributed by atoms with E-state index in [4.69, 9.17) is 10.00 Å². The highest BCUT2D eigenvalue weighted by Crippen LogP contribution is 2.23. The van der Waals surface area contributed by atoms with E-state index in [1.807, 2.05) is 31.2 Å². The van der Waals surface area contributed by atoms with Gasteiger partial charge in [-0.05, 0) is 43.3 Å². The monoisotopic (exact) mass is 295 g/mol. The molecule has 0 heterocycles. The van der Waals surface area contributed by atoms with Gasteiger partial charge < -0.3 is 15.4 Å². The lowest BCUT2D eigenvalue weighted by Gasteiger charge is -2.12. The fourth-order valence-electron chi connectivity index (χ4n) is 1.89. The number of hydrogen-bond acceptors (Lipinski definition) is 4. The number of para-hydroxylation sites is 2. The lowest BCUT2D eigenvalue weighted by atomic mass is 10.2. The number of hydrogen-bond donors (Lipinski definition) is 2. The predicted octanol–water partition coefficient (Wildman–Crippen LogP) is 3.01. The Kier molecular flexibility index (Phi) is 5.38. The quantitative estimate of drug-likeness (QED) is 0.859. The van der Waals surface area contributed by atoms with Gasteiger partial charge in [0.15, 0.2) is 0 Å². The Hall–Kier alpha value is -3.00. The molecule has 2 rings (SSSR count). The van der Waals surface area contributed by atoms with Gasteiger partial charge in [-0.3, -0.25) is 4.79 Å². The first-order chi connectivity index (χ1) is 10.7. The average molecular weight is 295 g/mol. The fraction of sp³-hybridized carbons (Fsp3) is 0.176. The summed E-state index contributed by atoms with van der Waals surface area (Å²) < 4.78 is 5.46. The number of benzene rings is 2. The highest BCUT2D eigenvalue weighted by molar-refractivity contribution is 5.95. The topological polar surface area (TPSA) is 74.2 Å². The van der Waals surface area contributed by atoms with Crippen LogP contribution >= 0.6 is 0 Å². The number of carbonyl (C=O) groups excluding carboxylic acids is 1. The van der Waals surface area contributed by atoms with Gasteiger partial charge in [0, 0.05) is 5.69 Å². The summed E-state index contributed by atoms with van der Waals surface area (Å²) >= 11 is 0. The molecular weight excluding hydrogens is 278 g/mol. The van der Waals surface area contributed by atoms with Crippen LogP contribution in [-0.2, 0) is 4.79 Å². The van der Waals surface area contributed by atoms with Crippen molar-refractivity contribution in [2.24, 2.45) is 0 Å². The molecular formula is C17H17N3O2. The van der Waals surface area contributed by atoms with Crippen molar-refractivity contribution in [3.63, 3.8) is 0 Å². The summed E-state index contributed by atoms with van der Waals surface area (Å²) in [5.41, 5.74) is 2.02. The predicted molar refractivity (Wildman–Crippen MR) is 85.9 cm³/mol. The maximum absolute atomic E-state index is 12.0. The van der Waals surface area contributed by atoms with E-state index in [-0.39, 0.29) is 12.5 Å². The van der Waals surface area contributed by atoms with Crippen LogP contribution in [-0.4, -0.2) is 19.1 Å². The number of amides is 1. The molecule has 0 spiro atoms. The molecule has 0 bridgehead atoms. The van der Waals surface area contributed by atoms with E-state index < -0.39 is 0 Å². The summed E-state index contributed by atoms with van der Waals surface area (Å²) in [5.74, 6) is 0.480. The van der Waals surface area contributed by atoms with E-state index in [0.29, 0.717) is 23.6 Å². The number of nitrogens with one attached hydrogen (secondary N) is 2. The molecule has 0 aliphatic heterocycles. The molecule has 0 aliphatic rings. The molecule has 0 saturated heterocycles. The summed E-state index contributed by atoms with van der Waals surface area (Å²) in [6.07, 6.45) is 0. The van der Waals surface area contributed by atoms with Crippen LogP contribution < -0.4 is 15.4 Å². The zero-order valence-corrected chi connectivity index (χ0v) is 12.3.